The van der Waals surface area contributed by atoms with Crippen LogP contribution in [0.3, 0.4) is 0 Å². The van der Waals surface area contributed by atoms with Gasteiger partial charge < -0.3 is 24.8 Å². The first-order valence-corrected chi connectivity index (χ1v) is 9.02. The fraction of sp³-hybridized carbons (Fsp3) is 0.300. The third kappa shape index (κ3) is 6.06. The molecule has 0 aromatic heterocycles. The Morgan fingerprint density at radius 3 is 2.50 bits per heavy atom. The van der Waals surface area contributed by atoms with Crippen LogP contribution in [0, 0.1) is 0 Å². The summed E-state index contributed by atoms with van der Waals surface area (Å²) in [5, 5.41) is 0.157. The summed E-state index contributed by atoms with van der Waals surface area (Å²) in [5.74, 6) is 0.341. The minimum atomic E-state index is -0.643. The van der Waals surface area contributed by atoms with Gasteiger partial charge in [0.05, 0.1) is 18.7 Å². The summed E-state index contributed by atoms with van der Waals surface area (Å²) >= 11 is 6.19. The summed E-state index contributed by atoms with van der Waals surface area (Å²) < 4.78 is 16.1. The molecule has 2 aromatic carbocycles. The van der Waals surface area contributed by atoms with Crippen LogP contribution in [0.2, 0.25) is 5.02 Å². The molecule has 0 atom stereocenters. The Labute approximate surface area is 168 Å². The number of nitrogens with two attached hydrogens (primary N) is 1. The van der Waals surface area contributed by atoms with E-state index in [1.807, 2.05) is 30.3 Å². The average Bonchev–Trinajstić information content (AvgIpc) is 2.69. The van der Waals surface area contributed by atoms with Gasteiger partial charge >= 0.3 is 0 Å². The number of rotatable bonds is 10. The van der Waals surface area contributed by atoms with Crippen molar-refractivity contribution in [3.63, 3.8) is 0 Å². The van der Waals surface area contributed by atoms with Gasteiger partial charge in [-0.2, -0.15) is 0 Å². The number of halogens is 1. The van der Waals surface area contributed by atoms with Crippen LogP contribution in [0.4, 0.5) is 0 Å². The highest BCUT2D eigenvalue weighted by atomic mass is 35.5. The van der Waals surface area contributed by atoms with Gasteiger partial charge in [-0.1, -0.05) is 29.8 Å². The molecule has 0 unspecified atom stereocenters. The first-order chi connectivity index (χ1) is 13.4. The number of para-hydroxylation sites is 1. The van der Waals surface area contributed by atoms with E-state index in [0.717, 1.165) is 5.75 Å². The third-order valence-corrected chi connectivity index (χ3v) is 4.11. The van der Waals surface area contributed by atoms with E-state index in [9.17, 15) is 9.59 Å². The number of methoxy groups -OCH3 is 1. The lowest BCUT2D eigenvalue weighted by Crippen LogP contribution is -2.28. The summed E-state index contributed by atoms with van der Waals surface area (Å²) in [7, 11) is 3.12. The predicted molar refractivity (Wildman–Crippen MR) is 106 cm³/mol. The fourth-order valence-electron chi connectivity index (χ4n) is 2.46. The van der Waals surface area contributed by atoms with Crippen molar-refractivity contribution in [3.05, 3.63) is 53.1 Å². The van der Waals surface area contributed by atoms with Crippen molar-refractivity contribution in [2.75, 3.05) is 33.9 Å². The average molecular weight is 407 g/mol. The number of ether oxygens (including phenoxy) is 3. The SMILES string of the molecule is COc1cc(C(=O)N(C)CCCOc2ccccc2)cc(Cl)c1OCC(N)=O. The number of hydrogen-bond acceptors (Lipinski definition) is 5. The zero-order valence-electron chi connectivity index (χ0n) is 15.8. The molecule has 7 nitrogen and oxygen atoms in total. The van der Waals surface area contributed by atoms with Crippen molar-refractivity contribution in [1.29, 1.82) is 0 Å². The molecule has 0 radical (unpaired) electrons. The van der Waals surface area contributed by atoms with Gasteiger partial charge in [-0.15, -0.1) is 0 Å². The Bertz CT molecular complexity index is 814. The summed E-state index contributed by atoms with van der Waals surface area (Å²) in [6.07, 6.45) is 0.668. The maximum atomic E-state index is 12.7. The Hall–Kier alpha value is -2.93. The highest BCUT2D eigenvalue weighted by molar-refractivity contribution is 6.32. The first-order valence-electron chi connectivity index (χ1n) is 8.64. The van der Waals surface area contributed by atoms with Gasteiger partial charge in [-0.3, -0.25) is 9.59 Å². The van der Waals surface area contributed by atoms with E-state index in [1.54, 1.807) is 11.9 Å². The molecular formula is C20H23ClN2O5. The molecule has 28 heavy (non-hydrogen) atoms. The van der Waals surface area contributed by atoms with E-state index in [2.05, 4.69) is 0 Å². The molecule has 2 amide bonds. The molecule has 150 valence electrons. The lowest BCUT2D eigenvalue weighted by atomic mass is 10.1. The minimum absolute atomic E-state index is 0.157. The molecule has 2 rings (SSSR count). The van der Waals surface area contributed by atoms with Crippen molar-refractivity contribution in [2.45, 2.75) is 6.42 Å². The Kier molecular flexibility index (Phi) is 7.95. The van der Waals surface area contributed by atoms with Crippen molar-refractivity contribution in [2.24, 2.45) is 5.73 Å². The largest absolute Gasteiger partial charge is 0.494 e. The molecule has 0 aliphatic rings. The smallest absolute Gasteiger partial charge is 0.255 e. The summed E-state index contributed by atoms with van der Waals surface area (Å²) in [6.45, 7) is 0.655. The van der Waals surface area contributed by atoms with Gasteiger partial charge in [0.25, 0.3) is 11.8 Å². The molecule has 0 saturated heterocycles. The second-order valence-corrected chi connectivity index (χ2v) is 6.39. The second kappa shape index (κ2) is 10.4. The lowest BCUT2D eigenvalue weighted by Gasteiger charge is -2.19. The van der Waals surface area contributed by atoms with Crippen molar-refractivity contribution < 1.29 is 23.8 Å². The van der Waals surface area contributed by atoms with Crippen LogP contribution in [-0.4, -0.2) is 50.6 Å². The van der Waals surface area contributed by atoms with E-state index in [1.165, 1.54) is 19.2 Å². The Morgan fingerprint density at radius 2 is 1.86 bits per heavy atom. The maximum Gasteiger partial charge on any atom is 0.255 e. The number of carbonyl (C=O) groups excluding carboxylic acids is 2. The van der Waals surface area contributed by atoms with Crippen LogP contribution in [0.25, 0.3) is 0 Å². The van der Waals surface area contributed by atoms with Gasteiger partial charge in [0.1, 0.15) is 5.75 Å². The molecule has 8 heteroatoms. The van der Waals surface area contributed by atoms with E-state index in [0.29, 0.717) is 25.1 Å². The van der Waals surface area contributed by atoms with Gasteiger partial charge in [-0.25, -0.2) is 0 Å². The van der Waals surface area contributed by atoms with Gasteiger partial charge in [0.15, 0.2) is 18.1 Å². The number of primary amides is 1. The monoisotopic (exact) mass is 406 g/mol. The molecule has 0 bridgehead atoms. The third-order valence-electron chi connectivity index (χ3n) is 3.83. The maximum absolute atomic E-state index is 12.7. The lowest BCUT2D eigenvalue weighted by molar-refractivity contribution is -0.119. The zero-order valence-corrected chi connectivity index (χ0v) is 16.6. The highest BCUT2D eigenvalue weighted by Gasteiger charge is 2.19. The quantitative estimate of drug-likeness (QED) is 0.612. The van der Waals surface area contributed by atoms with Gasteiger partial charge in [0.2, 0.25) is 0 Å². The number of amides is 2. The summed E-state index contributed by atoms with van der Waals surface area (Å²) in [6, 6.07) is 12.5. The van der Waals surface area contributed by atoms with Gasteiger partial charge in [-0.05, 0) is 30.7 Å². The molecule has 0 heterocycles. The molecule has 0 aliphatic heterocycles. The van der Waals surface area contributed by atoms with Crippen LogP contribution >= 0.6 is 11.6 Å². The number of carbonyl (C=O) groups is 2. The number of benzene rings is 2. The molecule has 2 N–H and O–H groups in total. The predicted octanol–water partition coefficient (Wildman–Crippen LogP) is 2.75. The normalized spacial score (nSPS) is 10.2. The van der Waals surface area contributed by atoms with E-state index < -0.39 is 5.91 Å². The first kappa shape index (κ1) is 21.4. The Balaban J connectivity index is 1.96. The topological polar surface area (TPSA) is 91.1 Å². The highest BCUT2D eigenvalue weighted by Crippen LogP contribution is 2.36. The van der Waals surface area contributed by atoms with Crippen LogP contribution in [-0.2, 0) is 4.79 Å². The van der Waals surface area contributed by atoms with E-state index in [-0.39, 0.29) is 29.0 Å². The van der Waals surface area contributed by atoms with E-state index >= 15 is 0 Å². The summed E-state index contributed by atoms with van der Waals surface area (Å²) in [5.41, 5.74) is 5.42. The molecule has 0 spiro atoms. The van der Waals surface area contributed by atoms with Crippen molar-refractivity contribution in [1.82, 2.24) is 4.90 Å². The zero-order chi connectivity index (χ0) is 20.5. The van der Waals surface area contributed by atoms with Crippen LogP contribution < -0.4 is 19.9 Å². The van der Waals surface area contributed by atoms with Crippen LogP contribution in [0.1, 0.15) is 16.8 Å². The van der Waals surface area contributed by atoms with Crippen molar-refractivity contribution in [3.8, 4) is 17.2 Å². The molecule has 2 aromatic rings. The van der Waals surface area contributed by atoms with E-state index in [4.69, 9.17) is 31.5 Å². The second-order valence-electron chi connectivity index (χ2n) is 5.99. The molecular weight excluding hydrogens is 384 g/mol. The summed E-state index contributed by atoms with van der Waals surface area (Å²) in [4.78, 5) is 25.1. The van der Waals surface area contributed by atoms with Crippen LogP contribution in [0.15, 0.2) is 42.5 Å². The standard InChI is InChI=1S/C20H23ClN2O5/c1-23(9-6-10-27-15-7-4-3-5-8-15)20(25)14-11-16(21)19(17(12-14)26-2)28-13-18(22)24/h3-5,7-8,11-12H,6,9-10,13H2,1-2H3,(H2,22,24). The molecule has 0 aliphatic carbocycles. The Morgan fingerprint density at radius 1 is 1.14 bits per heavy atom. The number of hydrogen-bond donors (Lipinski definition) is 1. The van der Waals surface area contributed by atoms with Crippen LogP contribution in [0.5, 0.6) is 17.2 Å². The van der Waals surface area contributed by atoms with Gasteiger partial charge in [0, 0.05) is 19.2 Å². The molecule has 0 saturated carbocycles. The van der Waals surface area contributed by atoms with Crippen molar-refractivity contribution >= 4 is 23.4 Å². The molecule has 0 fully saturated rings. The number of nitrogens with zero attached hydrogens (tertiary/aromatic N) is 1. The minimum Gasteiger partial charge on any atom is -0.494 e. The fourth-order valence-corrected chi connectivity index (χ4v) is 2.72.